The van der Waals surface area contributed by atoms with Gasteiger partial charge >= 0.3 is 0 Å². The molecule has 3 aromatic heterocycles. The largest absolute Gasteiger partial charge is 0.445 e. The Balaban J connectivity index is 0.000000549. The fraction of sp³-hybridized carbons (Fsp3) is 0.325. The molecule has 1 fully saturated rings. The summed E-state index contributed by atoms with van der Waals surface area (Å²) in [5, 5.41) is 9.37. The lowest BCUT2D eigenvalue weighted by molar-refractivity contribution is 0.0735. The fourth-order valence-corrected chi connectivity index (χ4v) is 6.48. The van der Waals surface area contributed by atoms with Crippen molar-refractivity contribution in [2.75, 3.05) is 19.6 Å². The van der Waals surface area contributed by atoms with Crippen LogP contribution in [0.3, 0.4) is 0 Å². The first-order valence-electron chi connectivity index (χ1n) is 16.8. The SMILES string of the molecule is C#C.Cc1ccccc1.Cc1csc([C@H]2CCCN2C(=O)c2cc(C(=O)NCCCNCc3cncc(C(C)C)c3)cc(-c3ncco3)c2)n1. The van der Waals surface area contributed by atoms with Crippen LogP contribution in [-0.4, -0.2) is 51.3 Å². The molecule has 1 aliphatic rings. The molecule has 2 aromatic carbocycles. The summed E-state index contributed by atoms with van der Waals surface area (Å²) in [6.45, 7) is 11.0. The van der Waals surface area contributed by atoms with Crippen molar-refractivity contribution in [3.8, 4) is 24.3 Å². The summed E-state index contributed by atoms with van der Waals surface area (Å²) in [5.41, 5.74) is 6.07. The number of thiazole rings is 1. The van der Waals surface area contributed by atoms with Gasteiger partial charge in [0, 0.05) is 59.8 Å². The zero-order valence-electron chi connectivity index (χ0n) is 29.3. The Bertz CT molecular complexity index is 1820. The lowest BCUT2D eigenvalue weighted by Crippen LogP contribution is -2.31. The molecule has 260 valence electrons. The van der Waals surface area contributed by atoms with E-state index in [-0.39, 0.29) is 17.9 Å². The summed E-state index contributed by atoms with van der Waals surface area (Å²) in [6.07, 6.45) is 17.4. The number of hydrogen-bond donors (Lipinski definition) is 2. The highest BCUT2D eigenvalue weighted by Gasteiger charge is 2.33. The van der Waals surface area contributed by atoms with Gasteiger partial charge in [-0.2, -0.15) is 0 Å². The van der Waals surface area contributed by atoms with Gasteiger partial charge in [-0.25, -0.2) is 9.97 Å². The maximum absolute atomic E-state index is 13.7. The van der Waals surface area contributed by atoms with Crippen molar-refractivity contribution < 1.29 is 14.0 Å². The second-order valence-electron chi connectivity index (χ2n) is 12.3. The van der Waals surface area contributed by atoms with Gasteiger partial charge in [-0.3, -0.25) is 14.6 Å². The third kappa shape index (κ3) is 10.7. The predicted molar refractivity (Wildman–Crippen MR) is 200 cm³/mol. The van der Waals surface area contributed by atoms with E-state index in [0.29, 0.717) is 41.6 Å². The zero-order chi connectivity index (χ0) is 35.9. The van der Waals surface area contributed by atoms with E-state index in [2.05, 4.69) is 77.4 Å². The summed E-state index contributed by atoms with van der Waals surface area (Å²) in [5.74, 6) is 0.440. The number of rotatable bonds is 11. The number of nitrogens with zero attached hydrogens (tertiary/aromatic N) is 4. The van der Waals surface area contributed by atoms with E-state index in [1.165, 1.54) is 17.4 Å². The van der Waals surface area contributed by atoms with Crippen molar-refractivity contribution in [3.05, 3.63) is 123 Å². The zero-order valence-corrected chi connectivity index (χ0v) is 30.1. The average molecular weight is 691 g/mol. The van der Waals surface area contributed by atoms with Gasteiger partial charge in [0.05, 0.1) is 12.2 Å². The number of benzene rings is 2. The molecule has 2 N–H and O–H groups in total. The molecule has 0 spiro atoms. The first-order chi connectivity index (χ1) is 24.3. The molecule has 0 aliphatic carbocycles. The van der Waals surface area contributed by atoms with Crippen LogP contribution in [0.15, 0.2) is 89.2 Å². The van der Waals surface area contributed by atoms with Crippen LogP contribution in [0.1, 0.15) is 93.2 Å². The minimum absolute atomic E-state index is 0.0556. The molecule has 0 unspecified atom stereocenters. The Morgan fingerprint density at radius 1 is 1.04 bits per heavy atom. The van der Waals surface area contributed by atoms with Crippen LogP contribution < -0.4 is 10.6 Å². The van der Waals surface area contributed by atoms with Crippen LogP contribution >= 0.6 is 11.3 Å². The summed E-state index contributed by atoms with van der Waals surface area (Å²) in [6, 6.07) is 17.5. The molecule has 1 atom stereocenters. The number of aryl methyl sites for hydroxylation is 2. The van der Waals surface area contributed by atoms with Gasteiger partial charge < -0.3 is 20.0 Å². The lowest BCUT2D eigenvalue weighted by Gasteiger charge is -2.23. The maximum Gasteiger partial charge on any atom is 0.254 e. The smallest absolute Gasteiger partial charge is 0.254 e. The van der Waals surface area contributed by atoms with Gasteiger partial charge in [0.1, 0.15) is 11.3 Å². The molecule has 5 aromatic rings. The minimum atomic E-state index is -0.241. The van der Waals surface area contributed by atoms with E-state index < -0.39 is 0 Å². The monoisotopic (exact) mass is 690 g/mol. The molecule has 1 aliphatic heterocycles. The van der Waals surface area contributed by atoms with Crippen LogP contribution in [0, 0.1) is 26.7 Å². The van der Waals surface area contributed by atoms with Gasteiger partial charge in [-0.05, 0) is 74.9 Å². The number of carbonyl (C=O) groups excluding carboxylic acids is 2. The topological polar surface area (TPSA) is 113 Å². The molecule has 1 saturated heterocycles. The highest BCUT2D eigenvalue weighted by molar-refractivity contribution is 7.09. The highest BCUT2D eigenvalue weighted by Crippen LogP contribution is 2.35. The summed E-state index contributed by atoms with van der Waals surface area (Å²) in [4.78, 5) is 42.0. The van der Waals surface area contributed by atoms with Gasteiger partial charge in [0.2, 0.25) is 5.89 Å². The van der Waals surface area contributed by atoms with E-state index in [0.717, 1.165) is 48.6 Å². The Morgan fingerprint density at radius 3 is 2.48 bits per heavy atom. The lowest BCUT2D eigenvalue weighted by atomic mass is 10.0. The number of nitrogens with one attached hydrogen (secondary N) is 2. The number of aromatic nitrogens is 3. The van der Waals surface area contributed by atoms with Crippen molar-refractivity contribution in [2.45, 2.75) is 65.5 Å². The van der Waals surface area contributed by atoms with Crippen LogP contribution in [0.2, 0.25) is 0 Å². The Kier molecular flexibility index (Phi) is 14.5. The van der Waals surface area contributed by atoms with Gasteiger partial charge in [-0.1, -0.05) is 55.8 Å². The van der Waals surface area contributed by atoms with Crippen LogP contribution in [0.4, 0.5) is 0 Å². The number of likely N-dealkylation sites (tertiary alicyclic amines) is 1. The van der Waals surface area contributed by atoms with Gasteiger partial charge in [-0.15, -0.1) is 24.2 Å². The van der Waals surface area contributed by atoms with E-state index in [4.69, 9.17) is 4.42 Å². The minimum Gasteiger partial charge on any atom is -0.445 e. The maximum atomic E-state index is 13.7. The van der Waals surface area contributed by atoms with E-state index in [9.17, 15) is 9.59 Å². The first-order valence-corrected chi connectivity index (χ1v) is 17.7. The third-order valence-electron chi connectivity index (χ3n) is 8.13. The van der Waals surface area contributed by atoms with E-state index in [1.54, 1.807) is 35.7 Å². The van der Waals surface area contributed by atoms with Gasteiger partial charge in [0.25, 0.3) is 11.8 Å². The summed E-state index contributed by atoms with van der Waals surface area (Å²) >= 11 is 1.58. The Hall–Kier alpha value is -5.11. The molecule has 10 heteroatoms. The molecule has 6 rings (SSSR count). The quantitative estimate of drug-likeness (QED) is 0.108. The average Bonchev–Trinajstić information content (AvgIpc) is 3.94. The van der Waals surface area contributed by atoms with E-state index in [1.807, 2.05) is 47.8 Å². The van der Waals surface area contributed by atoms with E-state index >= 15 is 0 Å². The predicted octanol–water partition coefficient (Wildman–Crippen LogP) is 7.76. The first kappa shape index (κ1) is 37.7. The van der Waals surface area contributed by atoms with Crippen molar-refractivity contribution in [1.82, 2.24) is 30.5 Å². The van der Waals surface area contributed by atoms with Crippen LogP contribution in [0.5, 0.6) is 0 Å². The Morgan fingerprint density at radius 2 is 1.82 bits per heavy atom. The third-order valence-corrected chi connectivity index (χ3v) is 9.19. The number of amides is 2. The fourth-order valence-electron chi connectivity index (χ4n) is 5.53. The Labute approximate surface area is 299 Å². The van der Waals surface area contributed by atoms with Crippen molar-refractivity contribution in [1.29, 1.82) is 0 Å². The molecular weight excluding hydrogens is 645 g/mol. The molecule has 0 radical (unpaired) electrons. The molecule has 50 heavy (non-hydrogen) atoms. The number of oxazole rings is 1. The molecular formula is C40H46N6O3S. The second kappa shape index (κ2) is 19.2. The summed E-state index contributed by atoms with van der Waals surface area (Å²) in [7, 11) is 0. The van der Waals surface area contributed by atoms with Crippen LogP contribution in [0.25, 0.3) is 11.5 Å². The molecule has 4 heterocycles. The van der Waals surface area contributed by atoms with Crippen molar-refractivity contribution in [2.24, 2.45) is 0 Å². The number of hydrogen-bond acceptors (Lipinski definition) is 8. The normalized spacial score (nSPS) is 13.6. The number of terminal acetylenes is 1. The standard InChI is InChI=1S/C31H36N6O3S.C7H8.C2H2/c1-20(2)26-12-22(17-33-18-26)16-32-7-5-8-34-28(38)23-13-24(29-35-9-11-40-29)15-25(14-23)31(39)37-10-4-6-27(37)30-36-21(3)19-41-30;1-7-5-3-2-4-6-7;1-2/h9,11-15,17-20,27,32H,4-8,10,16H2,1-3H3,(H,34,38);2-6H,1H3;1-2H/t27-;;/m1../s1. The summed E-state index contributed by atoms with van der Waals surface area (Å²) < 4.78 is 5.50. The highest BCUT2D eigenvalue weighted by atomic mass is 32.1. The molecule has 2 amide bonds. The van der Waals surface area contributed by atoms with Crippen molar-refractivity contribution in [3.63, 3.8) is 0 Å². The second-order valence-corrected chi connectivity index (χ2v) is 13.2. The number of pyridine rings is 1. The number of carbonyl (C=O) groups is 2. The van der Waals surface area contributed by atoms with Crippen LogP contribution in [-0.2, 0) is 6.54 Å². The molecule has 0 bridgehead atoms. The molecule has 0 saturated carbocycles. The molecule has 9 nitrogen and oxygen atoms in total. The van der Waals surface area contributed by atoms with Crippen molar-refractivity contribution >= 4 is 23.2 Å². The van der Waals surface area contributed by atoms with Gasteiger partial charge in [0.15, 0.2) is 0 Å².